The maximum absolute atomic E-state index is 12.7. The summed E-state index contributed by atoms with van der Waals surface area (Å²) in [6.07, 6.45) is 1.16. The summed E-state index contributed by atoms with van der Waals surface area (Å²) in [4.78, 5) is 0. The summed E-state index contributed by atoms with van der Waals surface area (Å²) in [5.74, 6) is -2.22. The van der Waals surface area contributed by atoms with E-state index < -0.39 is 11.6 Å². The van der Waals surface area contributed by atoms with Gasteiger partial charge in [0.05, 0.1) is 6.21 Å². The van der Waals surface area contributed by atoms with Gasteiger partial charge in [0.15, 0.2) is 11.6 Å². The first-order valence-electron chi connectivity index (χ1n) is 3.85. The van der Waals surface area contributed by atoms with Crippen LogP contribution in [0, 0.1) is 11.6 Å². The fourth-order valence-corrected chi connectivity index (χ4v) is 0.773. The summed E-state index contributed by atoms with van der Waals surface area (Å²) in [5, 5.41) is 14.9. The second kappa shape index (κ2) is 5.01. The number of hydroxylamine groups is 1. The highest BCUT2D eigenvalue weighted by molar-refractivity contribution is 5.81. The summed E-state index contributed by atoms with van der Waals surface area (Å²) in [5.41, 5.74) is 6.91. The Morgan fingerprint density at radius 2 is 2.13 bits per heavy atom. The number of nitrogens with zero attached hydrogens (tertiary/aromatic N) is 2. The standard InChI is InChI=1S/C8H8F2N4O/c9-6-2-1-5(3-7(6)10)4-12-13-8(11)14-15/h1-4,15H,(H3,11,13,14)/b12-4+. The Morgan fingerprint density at radius 3 is 2.73 bits per heavy atom. The van der Waals surface area contributed by atoms with Crippen molar-refractivity contribution in [2.75, 3.05) is 0 Å². The molecule has 1 aromatic carbocycles. The quantitative estimate of drug-likeness (QED) is 0.383. The fourth-order valence-electron chi connectivity index (χ4n) is 0.773. The topological polar surface area (TPSA) is 83.0 Å². The Hall–Kier alpha value is -2.02. The van der Waals surface area contributed by atoms with Crippen LogP contribution >= 0.6 is 0 Å². The zero-order valence-electron chi connectivity index (χ0n) is 7.48. The molecule has 5 nitrogen and oxygen atoms in total. The number of hydrogen-bond acceptors (Lipinski definition) is 3. The lowest BCUT2D eigenvalue weighted by Gasteiger charge is -1.94. The van der Waals surface area contributed by atoms with Crippen LogP contribution < -0.4 is 11.2 Å². The van der Waals surface area contributed by atoms with E-state index >= 15 is 0 Å². The molecular weight excluding hydrogens is 206 g/mol. The van der Waals surface area contributed by atoms with E-state index in [4.69, 9.17) is 10.9 Å². The summed E-state index contributed by atoms with van der Waals surface area (Å²) in [7, 11) is 0. The lowest BCUT2D eigenvalue weighted by atomic mass is 10.2. The molecule has 0 aromatic heterocycles. The van der Waals surface area contributed by atoms with E-state index in [9.17, 15) is 8.78 Å². The number of halogens is 2. The summed E-state index contributed by atoms with van der Waals surface area (Å²) in [6.45, 7) is 0. The average Bonchev–Trinajstić information content (AvgIpc) is 2.23. The van der Waals surface area contributed by atoms with Gasteiger partial charge in [-0.05, 0) is 17.7 Å². The Bertz CT molecular complexity index is 406. The first-order chi connectivity index (χ1) is 7.13. The third kappa shape index (κ3) is 3.31. The van der Waals surface area contributed by atoms with Gasteiger partial charge in [-0.2, -0.15) is 5.10 Å². The Balaban J connectivity index is 2.77. The normalized spacial score (nSPS) is 12.1. The minimum absolute atomic E-state index is 0.311. The third-order valence-electron chi connectivity index (χ3n) is 1.43. The van der Waals surface area contributed by atoms with Gasteiger partial charge in [-0.25, -0.2) is 14.3 Å². The van der Waals surface area contributed by atoms with Crippen LogP contribution in [0.15, 0.2) is 28.4 Å². The zero-order chi connectivity index (χ0) is 11.3. The second-order valence-electron chi connectivity index (χ2n) is 2.52. The van der Waals surface area contributed by atoms with Crippen LogP contribution in [0.5, 0.6) is 0 Å². The maximum Gasteiger partial charge on any atom is 0.237 e. The lowest BCUT2D eigenvalue weighted by Crippen LogP contribution is -2.27. The molecule has 15 heavy (non-hydrogen) atoms. The van der Waals surface area contributed by atoms with Crippen LogP contribution in [-0.2, 0) is 0 Å². The molecule has 0 atom stereocenters. The minimum atomic E-state index is -0.976. The van der Waals surface area contributed by atoms with Gasteiger partial charge in [-0.15, -0.1) is 5.10 Å². The van der Waals surface area contributed by atoms with Crippen LogP contribution in [0.2, 0.25) is 0 Å². The first kappa shape index (κ1) is 11.1. The van der Waals surface area contributed by atoms with E-state index in [0.29, 0.717) is 5.56 Å². The Labute approximate surface area is 83.9 Å². The molecule has 0 aliphatic heterocycles. The molecule has 1 aromatic rings. The van der Waals surface area contributed by atoms with Crippen molar-refractivity contribution in [1.82, 2.24) is 5.48 Å². The maximum atomic E-state index is 12.7. The minimum Gasteiger partial charge on any atom is -0.367 e. The molecule has 0 radical (unpaired) electrons. The van der Waals surface area contributed by atoms with Gasteiger partial charge in [0.2, 0.25) is 5.96 Å². The number of nitrogens with one attached hydrogen (secondary N) is 1. The van der Waals surface area contributed by atoms with E-state index in [1.165, 1.54) is 6.07 Å². The van der Waals surface area contributed by atoms with Gasteiger partial charge >= 0.3 is 0 Å². The molecule has 1 rings (SSSR count). The van der Waals surface area contributed by atoms with E-state index in [1.54, 1.807) is 5.48 Å². The summed E-state index contributed by atoms with van der Waals surface area (Å²) in [6, 6.07) is 3.24. The molecule has 0 saturated carbocycles. The van der Waals surface area contributed by atoms with Crippen molar-refractivity contribution in [1.29, 1.82) is 0 Å². The molecule has 0 saturated heterocycles. The number of rotatable bonds is 2. The Kier molecular flexibility index (Phi) is 3.69. The van der Waals surface area contributed by atoms with Crippen molar-refractivity contribution in [3.63, 3.8) is 0 Å². The average molecular weight is 214 g/mol. The van der Waals surface area contributed by atoms with E-state index in [1.807, 2.05) is 0 Å². The third-order valence-corrected chi connectivity index (χ3v) is 1.43. The Morgan fingerprint density at radius 1 is 1.40 bits per heavy atom. The van der Waals surface area contributed by atoms with Crippen LogP contribution in [-0.4, -0.2) is 17.4 Å². The highest BCUT2D eigenvalue weighted by Crippen LogP contribution is 2.06. The van der Waals surface area contributed by atoms with Gasteiger partial charge in [0.25, 0.3) is 0 Å². The van der Waals surface area contributed by atoms with Gasteiger partial charge in [-0.1, -0.05) is 6.07 Å². The second-order valence-corrected chi connectivity index (χ2v) is 2.52. The highest BCUT2D eigenvalue weighted by atomic mass is 19.2. The fraction of sp³-hybridized carbons (Fsp3) is 0. The zero-order valence-corrected chi connectivity index (χ0v) is 7.48. The molecule has 0 spiro atoms. The predicted octanol–water partition coefficient (Wildman–Crippen LogP) is 0.592. The molecule has 80 valence electrons. The van der Waals surface area contributed by atoms with Crippen LogP contribution in [0.3, 0.4) is 0 Å². The van der Waals surface area contributed by atoms with Crippen molar-refractivity contribution >= 4 is 12.2 Å². The van der Waals surface area contributed by atoms with E-state index in [0.717, 1.165) is 18.3 Å². The molecule has 0 unspecified atom stereocenters. The largest absolute Gasteiger partial charge is 0.367 e. The number of nitrogens with two attached hydrogens (primary N) is 1. The van der Waals surface area contributed by atoms with Gasteiger partial charge < -0.3 is 5.73 Å². The number of benzene rings is 1. The molecule has 0 aliphatic carbocycles. The van der Waals surface area contributed by atoms with Crippen molar-refractivity contribution in [2.24, 2.45) is 15.9 Å². The molecule has 0 heterocycles. The van der Waals surface area contributed by atoms with E-state index in [-0.39, 0.29) is 5.96 Å². The number of hydrogen-bond donors (Lipinski definition) is 3. The highest BCUT2D eigenvalue weighted by Gasteiger charge is 1.99. The van der Waals surface area contributed by atoms with Crippen molar-refractivity contribution < 1.29 is 14.0 Å². The number of guanidine groups is 1. The summed E-state index contributed by atoms with van der Waals surface area (Å²) < 4.78 is 25.2. The SMILES string of the molecule is N/C(=N\N=C\c1ccc(F)c(F)c1)NO. The van der Waals surface area contributed by atoms with Gasteiger partial charge in [-0.3, -0.25) is 5.21 Å². The van der Waals surface area contributed by atoms with Crippen molar-refractivity contribution in [2.45, 2.75) is 0 Å². The smallest absolute Gasteiger partial charge is 0.237 e. The van der Waals surface area contributed by atoms with Crippen LogP contribution in [0.1, 0.15) is 5.56 Å². The monoisotopic (exact) mass is 214 g/mol. The van der Waals surface area contributed by atoms with Crippen LogP contribution in [0.4, 0.5) is 8.78 Å². The van der Waals surface area contributed by atoms with Crippen molar-refractivity contribution in [3.05, 3.63) is 35.4 Å². The first-order valence-corrected chi connectivity index (χ1v) is 3.85. The molecule has 0 bridgehead atoms. The molecular formula is C8H8F2N4O. The molecule has 4 N–H and O–H groups in total. The lowest BCUT2D eigenvalue weighted by molar-refractivity contribution is 0.232. The molecule has 0 amide bonds. The van der Waals surface area contributed by atoms with E-state index in [2.05, 4.69) is 10.2 Å². The molecule has 7 heteroatoms. The van der Waals surface area contributed by atoms with Crippen LogP contribution in [0.25, 0.3) is 0 Å². The van der Waals surface area contributed by atoms with Gasteiger partial charge in [0.1, 0.15) is 0 Å². The summed E-state index contributed by atoms with van der Waals surface area (Å²) >= 11 is 0. The molecule has 0 fully saturated rings. The van der Waals surface area contributed by atoms with Gasteiger partial charge in [0, 0.05) is 0 Å². The predicted molar refractivity (Wildman–Crippen MR) is 50.5 cm³/mol. The molecule has 0 aliphatic rings. The van der Waals surface area contributed by atoms with Crippen molar-refractivity contribution in [3.8, 4) is 0 Å².